The number of unbranched alkanes of at least 4 members (excludes halogenated alkanes) is 2. The molecule has 0 radical (unpaired) electrons. The van der Waals surface area contributed by atoms with E-state index in [0.717, 1.165) is 25.7 Å². The molecule has 1 aromatic carbocycles. The molecule has 1 heterocycles. The molecule has 0 aromatic heterocycles. The lowest BCUT2D eigenvalue weighted by atomic mass is 10.3. The fourth-order valence-electron chi connectivity index (χ4n) is 2.59. The Morgan fingerprint density at radius 2 is 1.72 bits per heavy atom. The zero-order chi connectivity index (χ0) is 18.1. The predicted octanol–water partition coefficient (Wildman–Crippen LogP) is 3.42. The number of rotatable bonds is 12. The third-order valence-electron chi connectivity index (χ3n) is 4.07. The average molecular weight is 371 g/mol. The van der Waals surface area contributed by atoms with E-state index in [1.807, 2.05) is 0 Å². The quantitative estimate of drug-likeness (QED) is 0.527. The van der Waals surface area contributed by atoms with Crippen molar-refractivity contribution in [3.63, 3.8) is 0 Å². The van der Waals surface area contributed by atoms with Crippen molar-refractivity contribution < 1.29 is 22.6 Å². The van der Waals surface area contributed by atoms with Crippen LogP contribution < -0.4 is 14.2 Å². The van der Waals surface area contributed by atoms with E-state index in [1.165, 1.54) is 0 Å². The van der Waals surface area contributed by atoms with Crippen molar-refractivity contribution in [1.29, 1.82) is 0 Å². The minimum Gasteiger partial charge on any atom is -0.493 e. The van der Waals surface area contributed by atoms with E-state index in [9.17, 15) is 8.42 Å². The molecule has 1 aliphatic heterocycles. The van der Waals surface area contributed by atoms with Gasteiger partial charge in [0.05, 0.1) is 12.4 Å². The summed E-state index contributed by atoms with van der Waals surface area (Å²) in [4.78, 5) is 0. The molecule has 0 aliphatic carbocycles. The summed E-state index contributed by atoms with van der Waals surface area (Å²) in [7, 11) is -3.22. The van der Waals surface area contributed by atoms with Crippen molar-refractivity contribution in [3.8, 4) is 17.2 Å². The Balaban J connectivity index is 1.79. The second-order valence-corrected chi connectivity index (χ2v) is 8.23. The molecule has 0 saturated carbocycles. The molecule has 0 unspecified atom stereocenters. The van der Waals surface area contributed by atoms with Gasteiger partial charge in [-0.25, -0.2) is 12.7 Å². The highest BCUT2D eigenvalue weighted by Gasteiger charge is 2.20. The topological polar surface area (TPSA) is 65.1 Å². The second-order valence-electron chi connectivity index (χ2n) is 6.14. The first kappa shape index (κ1) is 19.8. The zero-order valence-electron chi connectivity index (χ0n) is 15.2. The van der Waals surface area contributed by atoms with Crippen molar-refractivity contribution in [2.75, 3.05) is 32.2 Å². The second kappa shape index (κ2) is 9.87. The molecule has 6 nitrogen and oxygen atoms in total. The minimum absolute atomic E-state index is 0.116. The Bertz CT molecular complexity index is 624. The zero-order valence-corrected chi connectivity index (χ0v) is 16.0. The third kappa shape index (κ3) is 6.08. The number of hydrogen-bond acceptors (Lipinski definition) is 5. The highest BCUT2D eigenvalue weighted by molar-refractivity contribution is 7.89. The van der Waals surface area contributed by atoms with Crippen LogP contribution in [-0.2, 0) is 10.0 Å². The summed E-state index contributed by atoms with van der Waals surface area (Å²) in [6.07, 6.45) is 4.25. The molecule has 0 bridgehead atoms. The number of sulfonamides is 1. The van der Waals surface area contributed by atoms with Crippen LogP contribution in [0.15, 0.2) is 18.2 Å². The summed E-state index contributed by atoms with van der Waals surface area (Å²) in [5, 5.41) is 0. The van der Waals surface area contributed by atoms with Crippen molar-refractivity contribution in [2.45, 2.75) is 46.0 Å². The maximum absolute atomic E-state index is 12.5. The molecule has 1 aliphatic rings. The predicted molar refractivity (Wildman–Crippen MR) is 97.9 cm³/mol. The van der Waals surface area contributed by atoms with Gasteiger partial charge in [0.2, 0.25) is 16.8 Å². The van der Waals surface area contributed by atoms with E-state index in [4.69, 9.17) is 14.2 Å². The van der Waals surface area contributed by atoms with Gasteiger partial charge in [0.15, 0.2) is 11.5 Å². The van der Waals surface area contributed by atoms with Crippen LogP contribution in [0.4, 0.5) is 0 Å². The van der Waals surface area contributed by atoms with Crippen molar-refractivity contribution in [2.24, 2.45) is 0 Å². The molecular formula is C18H29NO5S. The molecule has 2 rings (SSSR count). The van der Waals surface area contributed by atoms with Crippen LogP contribution in [-0.4, -0.2) is 45.0 Å². The lowest BCUT2D eigenvalue weighted by Gasteiger charge is -2.21. The minimum atomic E-state index is -3.22. The molecule has 0 N–H and O–H groups in total. The van der Waals surface area contributed by atoms with Gasteiger partial charge in [0, 0.05) is 19.2 Å². The maximum Gasteiger partial charge on any atom is 0.231 e. The first-order valence-corrected chi connectivity index (χ1v) is 10.7. The summed E-state index contributed by atoms with van der Waals surface area (Å²) in [6.45, 7) is 5.95. The van der Waals surface area contributed by atoms with Gasteiger partial charge < -0.3 is 14.2 Å². The van der Waals surface area contributed by atoms with Crippen LogP contribution in [0, 0.1) is 0 Å². The average Bonchev–Trinajstić information content (AvgIpc) is 3.06. The van der Waals surface area contributed by atoms with Gasteiger partial charge in [0.1, 0.15) is 5.75 Å². The van der Waals surface area contributed by atoms with Crippen LogP contribution in [0.1, 0.15) is 46.0 Å². The van der Waals surface area contributed by atoms with Crippen LogP contribution >= 0.6 is 0 Å². The summed E-state index contributed by atoms with van der Waals surface area (Å²) >= 11 is 0. The summed E-state index contributed by atoms with van der Waals surface area (Å²) < 4.78 is 42.9. The van der Waals surface area contributed by atoms with E-state index in [-0.39, 0.29) is 12.5 Å². The molecule has 0 atom stereocenters. The van der Waals surface area contributed by atoms with Crippen LogP contribution in [0.3, 0.4) is 0 Å². The SMILES string of the molecule is CCCCN(CCCC)S(=O)(=O)CCCOc1ccc2c(c1)OCO2. The Hall–Kier alpha value is -1.47. The Labute approximate surface area is 151 Å². The van der Waals surface area contributed by atoms with Gasteiger partial charge in [-0.3, -0.25) is 0 Å². The number of fused-ring (bicyclic) bond motifs is 1. The molecule has 1 aromatic rings. The van der Waals surface area contributed by atoms with Gasteiger partial charge in [0.25, 0.3) is 0 Å². The normalized spacial score (nSPS) is 13.4. The van der Waals surface area contributed by atoms with E-state index in [0.29, 0.717) is 43.4 Å². The molecular weight excluding hydrogens is 342 g/mol. The summed E-state index contributed by atoms with van der Waals surface area (Å²) in [5.41, 5.74) is 0. The first-order valence-electron chi connectivity index (χ1n) is 9.07. The van der Waals surface area contributed by atoms with E-state index >= 15 is 0 Å². The Kier molecular flexibility index (Phi) is 7.84. The maximum atomic E-state index is 12.5. The van der Waals surface area contributed by atoms with E-state index in [2.05, 4.69) is 13.8 Å². The molecule has 0 saturated heterocycles. The highest BCUT2D eigenvalue weighted by atomic mass is 32.2. The standard InChI is InChI=1S/C18H29NO5S/c1-3-5-10-19(11-6-4-2)25(20,21)13-7-12-22-16-8-9-17-18(14-16)24-15-23-17/h8-9,14H,3-7,10-13,15H2,1-2H3. The Morgan fingerprint density at radius 3 is 2.40 bits per heavy atom. The van der Waals surface area contributed by atoms with Crippen LogP contribution in [0.25, 0.3) is 0 Å². The largest absolute Gasteiger partial charge is 0.493 e. The van der Waals surface area contributed by atoms with Crippen LogP contribution in [0.2, 0.25) is 0 Å². The van der Waals surface area contributed by atoms with Crippen LogP contribution in [0.5, 0.6) is 17.2 Å². The number of ether oxygens (including phenoxy) is 3. The fourth-order valence-corrected chi connectivity index (χ4v) is 4.14. The molecule has 25 heavy (non-hydrogen) atoms. The molecule has 142 valence electrons. The summed E-state index contributed by atoms with van der Waals surface area (Å²) in [6, 6.07) is 5.37. The lowest BCUT2D eigenvalue weighted by Crippen LogP contribution is -2.35. The fraction of sp³-hybridized carbons (Fsp3) is 0.667. The van der Waals surface area contributed by atoms with Crippen molar-refractivity contribution in [3.05, 3.63) is 18.2 Å². The van der Waals surface area contributed by atoms with Gasteiger partial charge in [-0.15, -0.1) is 0 Å². The third-order valence-corrected chi connectivity index (χ3v) is 6.03. The van der Waals surface area contributed by atoms with Crippen molar-refractivity contribution >= 4 is 10.0 Å². The first-order chi connectivity index (χ1) is 12.1. The van der Waals surface area contributed by atoms with E-state index in [1.54, 1.807) is 22.5 Å². The lowest BCUT2D eigenvalue weighted by molar-refractivity contribution is 0.173. The molecule has 0 fully saturated rings. The monoisotopic (exact) mass is 371 g/mol. The number of benzene rings is 1. The highest BCUT2D eigenvalue weighted by Crippen LogP contribution is 2.35. The Morgan fingerprint density at radius 1 is 1.04 bits per heavy atom. The van der Waals surface area contributed by atoms with E-state index < -0.39 is 10.0 Å². The van der Waals surface area contributed by atoms with Gasteiger partial charge in [-0.05, 0) is 31.4 Å². The van der Waals surface area contributed by atoms with Gasteiger partial charge >= 0.3 is 0 Å². The summed E-state index contributed by atoms with van der Waals surface area (Å²) in [5.74, 6) is 2.15. The number of hydrogen-bond donors (Lipinski definition) is 0. The van der Waals surface area contributed by atoms with Crippen molar-refractivity contribution in [1.82, 2.24) is 4.31 Å². The molecule has 0 amide bonds. The van der Waals surface area contributed by atoms with Gasteiger partial charge in [-0.2, -0.15) is 0 Å². The smallest absolute Gasteiger partial charge is 0.231 e. The number of nitrogens with zero attached hydrogens (tertiary/aromatic N) is 1. The molecule has 0 spiro atoms. The molecule has 7 heteroatoms. The van der Waals surface area contributed by atoms with Gasteiger partial charge in [-0.1, -0.05) is 26.7 Å².